The SMILES string of the molecule is Cc1ccccc1C(=O)c1cnc(Nc2ccc(CN)cc2)s1.Cc1ccccc1C(=O)c1cnc(Nc2ccc(CNS(=O)(=O)c3cc(F)ccc3C)cc2)s1. The lowest BCUT2D eigenvalue weighted by Gasteiger charge is -2.10. The highest BCUT2D eigenvalue weighted by atomic mass is 32.2. The van der Waals surface area contributed by atoms with Crippen LogP contribution in [0.1, 0.15) is 58.3 Å². The average Bonchev–Trinajstić information content (AvgIpc) is 3.89. The summed E-state index contributed by atoms with van der Waals surface area (Å²) in [5.41, 5.74) is 12.8. The number of halogens is 1. The Balaban J connectivity index is 0.000000208. The maximum absolute atomic E-state index is 13.5. The molecule has 5 N–H and O–H groups in total. The number of nitrogens with two attached hydrogens (primary N) is 1. The number of carbonyl (C=O) groups is 2. The fraction of sp³-hybridized carbons (Fsp3) is 0.116. The van der Waals surface area contributed by atoms with Gasteiger partial charge in [0.2, 0.25) is 21.6 Å². The molecule has 0 aliphatic heterocycles. The van der Waals surface area contributed by atoms with Gasteiger partial charge in [0.15, 0.2) is 10.3 Å². The van der Waals surface area contributed by atoms with Gasteiger partial charge in [-0.15, -0.1) is 0 Å². The highest BCUT2D eigenvalue weighted by Crippen LogP contribution is 2.27. The molecule has 0 aliphatic carbocycles. The van der Waals surface area contributed by atoms with Crippen LogP contribution in [0.2, 0.25) is 0 Å². The third-order valence-corrected chi connectivity index (χ3v) is 12.2. The predicted molar refractivity (Wildman–Crippen MR) is 226 cm³/mol. The molecule has 0 saturated heterocycles. The van der Waals surface area contributed by atoms with Crippen molar-refractivity contribution in [1.29, 1.82) is 0 Å². The van der Waals surface area contributed by atoms with Crippen LogP contribution in [0.3, 0.4) is 0 Å². The summed E-state index contributed by atoms with van der Waals surface area (Å²) in [5.74, 6) is -0.667. The Bertz CT molecular complexity index is 2620. The van der Waals surface area contributed by atoms with Crippen molar-refractivity contribution in [3.63, 3.8) is 0 Å². The molecular weight excluding hydrogens is 780 g/mol. The average molecular weight is 819 g/mol. The molecule has 0 saturated carbocycles. The zero-order chi connectivity index (χ0) is 40.5. The third-order valence-electron chi connectivity index (χ3n) is 8.79. The molecule has 7 rings (SSSR count). The maximum Gasteiger partial charge on any atom is 0.241 e. The lowest BCUT2D eigenvalue weighted by molar-refractivity contribution is 0.103. The molecule has 0 amide bonds. The van der Waals surface area contributed by atoms with Crippen LogP contribution in [0.5, 0.6) is 0 Å². The van der Waals surface area contributed by atoms with E-state index in [1.807, 2.05) is 80.6 Å². The number of hydrogen-bond acceptors (Lipinski definition) is 11. The first-order valence-electron chi connectivity index (χ1n) is 17.7. The molecule has 2 heterocycles. The number of nitrogens with zero attached hydrogens (tertiary/aromatic N) is 2. The number of ketones is 2. The van der Waals surface area contributed by atoms with Crippen molar-refractivity contribution in [2.24, 2.45) is 5.73 Å². The van der Waals surface area contributed by atoms with Crippen molar-refractivity contribution < 1.29 is 22.4 Å². The number of carbonyl (C=O) groups excluding carboxylic acids is 2. The second kappa shape index (κ2) is 18.4. The summed E-state index contributed by atoms with van der Waals surface area (Å²) in [4.78, 5) is 35.0. The minimum atomic E-state index is -3.85. The highest BCUT2D eigenvalue weighted by Gasteiger charge is 2.19. The largest absolute Gasteiger partial charge is 0.332 e. The first kappa shape index (κ1) is 40.8. The Labute approximate surface area is 338 Å². The Morgan fingerprint density at radius 1 is 0.649 bits per heavy atom. The van der Waals surface area contributed by atoms with E-state index in [1.54, 1.807) is 49.6 Å². The molecule has 2 aromatic heterocycles. The zero-order valence-electron chi connectivity index (χ0n) is 31.2. The molecule has 57 heavy (non-hydrogen) atoms. The van der Waals surface area contributed by atoms with Crippen LogP contribution in [-0.4, -0.2) is 30.0 Å². The van der Waals surface area contributed by atoms with Gasteiger partial charge in [-0.05, 0) is 85.0 Å². The van der Waals surface area contributed by atoms with Gasteiger partial charge in [0.05, 0.1) is 27.0 Å². The van der Waals surface area contributed by atoms with Crippen molar-refractivity contribution >= 4 is 65.9 Å². The highest BCUT2D eigenvalue weighted by molar-refractivity contribution is 7.89. The summed E-state index contributed by atoms with van der Waals surface area (Å²) in [7, 11) is -3.85. The minimum Gasteiger partial charge on any atom is -0.332 e. The van der Waals surface area contributed by atoms with Crippen LogP contribution in [0, 0.1) is 26.6 Å². The van der Waals surface area contributed by atoms with Gasteiger partial charge in [-0.1, -0.05) is 102 Å². The van der Waals surface area contributed by atoms with Gasteiger partial charge in [0, 0.05) is 35.6 Å². The van der Waals surface area contributed by atoms with Gasteiger partial charge in [0.1, 0.15) is 5.82 Å². The number of thiazole rings is 2. The Morgan fingerprint density at radius 2 is 1.12 bits per heavy atom. The third kappa shape index (κ3) is 10.5. The summed E-state index contributed by atoms with van der Waals surface area (Å²) in [5, 5.41) is 7.64. The van der Waals surface area contributed by atoms with Crippen LogP contribution in [0.4, 0.5) is 26.0 Å². The maximum atomic E-state index is 13.5. The second-order valence-electron chi connectivity index (χ2n) is 12.9. The molecule has 0 unspecified atom stereocenters. The number of sulfonamides is 1. The first-order chi connectivity index (χ1) is 27.4. The smallest absolute Gasteiger partial charge is 0.241 e. The lowest BCUT2D eigenvalue weighted by atomic mass is 10.0. The minimum absolute atomic E-state index is 0.00660. The number of anilines is 4. The van der Waals surface area contributed by atoms with Gasteiger partial charge in [-0.25, -0.2) is 27.5 Å². The molecule has 10 nitrogen and oxygen atoms in total. The van der Waals surface area contributed by atoms with E-state index in [4.69, 9.17) is 5.73 Å². The summed E-state index contributed by atoms with van der Waals surface area (Å²) in [6.45, 7) is 6.03. The van der Waals surface area contributed by atoms with Crippen molar-refractivity contribution in [3.8, 4) is 0 Å². The molecule has 0 spiro atoms. The number of hydrogen-bond donors (Lipinski definition) is 4. The van der Waals surface area contributed by atoms with Gasteiger partial charge in [-0.2, -0.15) is 0 Å². The summed E-state index contributed by atoms with van der Waals surface area (Å²) in [6, 6.07) is 33.6. The van der Waals surface area contributed by atoms with E-state index in [9.17, 15) is 22.4 Å². The number of aryl methyl sites for hydroxylation is 3. The summed E-state index contributed by atoms with van der Waals surface area (Å²) >= 11 is 2.62. The Hall–Kier alpha value is -5.90. The molecule has 7 aromatic rings. The van der Waals surface area contributed by atoms with E-state index >= 15 is 0 Å². The van der Waals surface area contributed by atoms with E-state index in [0.717, 1.165) is 45.3 Å². The monoisotopic (exact) mass is 818 g/mol. The number of rotatable bonds is 13. The Kier molecular flexibility index (Phi) is 13.1. The van der Waals surface area contributed by atoms with Crippen LogP contribution >= 0.6 is 22.7 Å². The fourth-order valence-electron chi connectivity index (χ4n) is 5.59. The van der Waals surface area contributed by atoms with Crippen molar-refractivity contribution in [3.05, 3.63) is 182 Å². The van der Waals surface area contributed by atoms with E-state index in [-0.39, 0.29) is 23.0 Å². The summed E-state index contributed by atoms with van der Waals surface area (Å²) < 4.78 is 41.1. The van der Waals surface area contributed by atoms with Crippen LogP contribution in [0.15, 0.2) is 133 Å². The number of benzene rings is 5. The molecule has 0 atom stereocenters. The van der Waals surface area contributed by atoms with E-state index < -0.39 is 15.8 Å². The fourth-order valence-corrected chi connectivity index (χ4v) is 8.44. The van der Waals surface area contributed by atoms with Gasteiger partial charge in [-0.3, -0.25) is 9.59 Å². The van der Waals surface area contributed by atoms with E-state index in [1.165, 1.54) is 34.8 Å². The van der Waals surface area contributed by atoms with Crippen LogP contribution in [0.25, 0.3) is 0 Å². The van der Waals surface area contributed by atoms with E-state index in [2.05, 4.69) is 25.3 Å². The predicted octanol–water partition coefficient (Wildman–Crippen LogP) is 9.24. The van der Waals surface area contributed by atoms with Gasteiger partial charge in [0.25, 0.3) is 0 Å². The van der Waals surface area contributed by atoms with Gasteiger partial charge < -0.3 is 16.4 Å². The van der Waals surface area contributed by atoms with Crippen LogP contribution < -0.4 is 21.1 Å². The number of aromatic nitrogens is 2. The van der Waals surface area contributed by atoms with E-state index in [0.29, 0.717) is 37.7 Å². The van der Waals surface area contributed by atoms with Crippen molar-refractivity contribution in [2.45, 2.75) is 38.8 Å². The topological polar surface area (TPSA) is 156 Å². The molecule has 0 fully saturated rings. The molecule has 0 aliphatic rings. The van der Waals surface area contributed by atoms with Gasteiger partial charge >= 0.3 is 0 Å². The molecule has 0 radical (unpaired) electrons. The first-order valence-corrected chi connectivity index (χ1v) is 20.8. The second-order valence-corrected chi connectivity index (χ2v) is 16.7. The molecular formula is C43H39FN6O4S3. The summed E-state index contributed by atoms with van der Waals surface area (Å²) in [6.07, 6.45) is 3.18. The zero-order valence-corrected chi connectivity index (χ0v) is 33.7. The molecule has 5 aromatic carbocycles. The number of nitrogens with one attached hydrogen (secondary N) is 3. The van der Waals surface area contributed by atoms with Crippen LogP contribution in [-0.2, 0) is 23.1 Å². The molecule has 14 heteroatoms. The Morgan fingerprint density at radius 3 is 1.60 bits per heavy atom. The lowest BCUT2D eigenvalue weighted by Crippen LogP contribution is -2.24. The standard InChI is InChI=1S/C25H22FN3O3S2.C18H17N3OS/c1-16-5-3-4-6-21(16)24(30)22-15-27-25(33-22)29-20-11-8-18(9-12-20)14-28-34(31,32)23-13-19(26)10-7-17(23)2;1-12-4-2-3-5-15(12)17(22)16-11-20-18(23-16)21-14-8-6-13(10-19)7-9-14/h3-13,15,28H,14H2,1-2H3,(H,27,29);2-9,11H,10,19H2,1H3,(H,20,21). The van der Waals surface area contributed by atoms with Crippen molar-refractivity contribution in [1.82, 2.24) is 14.7 Å². The quantitative estimate of drug-likeness (QED) is 0.0834. The normalized spacial score (nSPS) is 11.0. The molecule has 290 valence electrons. The molecule has 0 bridgehead atoms. The van der Waals surface area contributed by atoms with Crippen molar-refractivity contribution in [2.75, 3.05) is 10.6 Å².